The largest absolute Gasteiger partial charge is 0.692 e. The Morgan fingerprint density at radius 2 is 1.58 bits per heavy atom. The van der Waals surface area contributed by atoms with Gasteiger partial charge in [0.2, 0.25) is 0 Å². The van der Waals surface area contributed by atoms with Crippen LogP contribution in [0.15, 0.2) is 4.99 Å². The molecule has 1 unspecified atom stereocenters. The Labute approximate surface area is 111 Å². The molecule has 0 rings (SSSR count). The molecule has 0 fully saturated rings. The van der Waals surface area contributed by atoms with Crippen molar-refractivity contribution >= 4 is 20.2 Å². The highest BCUT2D eigenvalue weighted by molar-refractivity contribution is 7.30. The standard InChI is InChI=1S/C6H14N4O2.3H3N.HO3P/c7-4(5(11)12)2-1-3-10-6(8)9;;;;1-4(2)3/h4H,1-3,7H2,(H,11,12)(H4,8,9,10);3*1H3;(H-,1,2,3)/p+1. The van der Waals surface area contributed by atoms with Crippen molar-refractivity contribution in [2.24, 2.45) is 22.2 Å². The van der Waals surface area contributed by atoms with E-state index < -0.39 is 20.3 Å². The maximum Gasteiger partial charge on any atom is 0.692 e. The van der Waals surface area contributed by atoms with E-state index in [1.807, 2.05) is 0 Å². The van der Waals surface area contributed by atoms with E-state index in [-0.39, 0.29) is 24.4 Å². The minimum atomic E-state index is -2.87. The van der Waals surface area contributed by atoms with Crippen LogP contribution >= 0.6 is 8.25 Å². The van der Waals surface area contributed by atoms with Gasteiger partial charge in [-0.05, 0) is 12.8 Å². The number of nitrogens with two attached hydrogens (primary N) is 3. The van der Waals surface area contributed by atoms with Gasteiger partial charge in [-0.3, -0.25) is 9.79 Å². The molecule has 118 valence electrons. The molecule has 12 nitrogen and oxygen atoms in total. The first-order valence-electron chi connectivity index (χ1n) is 4.16. The molecule has 0 bridgehead atoms. The van der Waals surface area contributed by atoms with Gasteiger partial charge < -0.3 is 40.8 Å². The van der Waals surface area contributed by atoms with E-state index in [2.05, 4.69) is 4.99 Å². The summed E-state index contributed by atoms with van der Waals surface area (Å²) < 4.78 is 8.70. The van der Waals surface area contributed by atoms with Crippen LogP contribution in [-0.2, 0) is 9.36 Å². The molecular weight excluding hydrogens is 281 g/mol. The van der Waals surface area contributed by atoms with Gasteiger partial charge in [0.15, 0.2) is 5.96 Å². The van der Waals surface area contributed by atoms with Crippen molar-refractivity contribution in [3.05, 3.63) is 0 Å². The Balaban J connectivity index is -0.0000000827. The first-order valence-corrected chi connectivity index (χ1v) is 5.32. The molecule has 0 saturated carbocycles. The lowest BCUT2D eigenvalue weighted by atomic mass is 10.2. The van der Waals surface area contributed by atoms with Crippen LogP contribution in [0, 0.1) is 0 Å². The monoisotopic (exact) mass is 306 g/mol. The lowest BCUT2D eigenvalue weighted by Crippen LogP contribution is -2.30. The number of hydrogen-bond acceptors (Lipinski definition) is 7. The van der Waals surface area contributed by atoms with E-state index in [4.69, 9.17) is 36.7 Å². The summed E-state index contributed by atoms with van der Waals surface area (Å²) in [5.74, 6) is -0.987. The van der Waals surface area contributed by atoms with Gasteiger partial charge in [-0.2, -0.15) is 0 Å². The smallest absolute Gasteiger partial charge is 0.480 e. The van der Waals surface area contributed by atoms with Crippen molar-refractivity contribution in [2.75, 3.05) is 6.54 Å². The Morgan fingerprint density at radius 3 is 1.84 bits per heavy atom. The van der Waals surface area contributed by atoms with Gasteiger partial charge >= 0.3 is 14.2 Å². The van der Waals surface area contributed by atoms with Gasteiger partial charge in [0.05, 0.1) is 0 Å². The predicted molar refractivity (Wildman–Crippen MR) is 72.6 cm³/mol. The van der Waals surface area contributed by atoms with Gasteiger partial charge in [-0.25, -0.2) is 0 Å². The maximum atomic E-state index is 10.2. The third-order valence-corrected chi connectivity index (χ3v) is 1.28. The Morgan fingerprint density at radius 1 is 1.21 bits per heavy atom. The second-order valence-corrected chi connectivity index (χ2v) is 3.15. The lowest BCUT2D eigenvalue weighted by molar-refractivity contribution is -0.138. The third kappa shape index (κ3) is 38.4. The van der Waals surface area contributed by atoms with Crippen molar-refractivity contribution in [1.29, 1.82) is 0 Å². The molecule has 0 saturated heterocycles. The van der Waals surface area contributed by atoms with Gasteiger partial charge in [0.1, 0.15) is 6.04 Å². The molecule has 1 atom stereocenters. The van der Waals surface area contributed by atoms with Crippen molar-refractivity contribution in [2.45, 2.75) is 18.9 Å². The number of hydrogen-bond donors (Lipinski definition) is 9. The van der Waals surface area contributed by atoms with Gasteiger partial charge in [0.25, 0.3) is 0 Å². The first-order chi connectivity index (χ1) is 7.27. The Kier molecular flexibility index (Phi) is 30.5. The van der Waals surface area contributed by atoms with Crippen molar-refractivity contribution in [3.63, 3.8) is 0 Å². The van der Waals surface area contributed by atoms with Crippen LogP contribution < -0.4 is 35.7 Å². The summed E-state index contributed by atoms with van der Waals surface area (Å²) in [6.07, 6.45) is 0.956. The maximum absolute atomic E-state index is 10.2. The Hall–Kier alpha value is -1.40. The number of guanidine groups is 1. The van der Waals surface area contributed by atoms with Crippen LogP contribution in [0.5, 0.6) is 0 Å². The zero-order valence-corrected chi connectivity index (χ0v) is 11.5. The van der Waals surface area contributed by atoms with E-state index >= 15 is 0 Å². The molecule has 0 aromatic rings. The summed E-state index contributed by atoms with van der Waals surface area (Å²) in [5.41, 5.74) is 15.3. The quantitative estimate of drug-likeness (QED) is 0.122. The van der Waals surface area contributed by atoms with Gasteiger partial charge in [-0.15, -0.1) is 9.79 Å². The molecule has 0 spiro atoms. The number of carboxylic acid groups (broad SMARTS) is 1. The van der Waals surface area contributed by atoms with E-state index in [0.717, 1.165) is 0 Å². The van der Waals surface area contributed by atoms with Crippen LogP contribution in [-0.4, -0.2) is 39.4 Å². The number of nitrogens with zero attached hydrogens (tertiary/aromatic N) is 1. The molecule has 0 radical (unpaired) electrons. The average Bonchev–Trinajstić information content (AvgIpc) is 2.10. The first kappa shape index (κ1) is 30.5. The van der Waals surface area contributed by atoms with Gasteiger partial charge in [0, 0.05) is 11.1 Å². The third-order valence-electron chi connectivity index (χ3n) is 1.28. The average molecular weight is 306 g/mol. The van der Waals surface area contributed by atoms with E-state index in [0.29, 0.717) is 19.4 Å². The minimum absolute atomic E-state index is 0. The SMILES string of the molecule is N.N.N.NC(N)=NCCCC(N)C(=O)O.O=[P+](O)O. The summed E-state index contributed by atoms with van der Waals surface area (Å²) in [5, 5.41) is 8.38. The van der Waals surface area contributed by atoms with Crippen LogP contribution in [0.25, 0.3) is 0 Å². The fraction of sp³-hybridized carbons (Fsp3) is 0.667. The van der Waals surface area contributed by atoms with E-state index in [1.54, 1.807) is 0 Å². The molecule has 19 heavy (non-hydrogen) atoms. The highest BCUT2D eigenvalue weighted by Crippen LogP contribution is 1.98. The molecule has 0 aliphatic carbocycles. The number of aliphatic carboxylic acids is 1. The molecule has 0 heterocycles. The van der Waals surface area contributed by atoms with Crippen LogP contribution in [0.4, 0.5) is 0 Å². The second-order valence-electron chi connectivity index (χ2n) is 2.65. The summed E-state index contributed by atoms with van der Waals surface area (Å²) in [6, 6.07) is -0.820. The molecule has 13 heteroatoms. The lowest BCUT2D eigenvalue weighted by Gasteiger charge is -2.03. The number of aliphatic imine (C=N–C) groups is 1. The summed E-state index contributed by atoms with van der Waals surface area (Å²) >= 11 is 0. The van der Waals surface area contributed by atoms with Crippen molar-refractivity contribution < 1.29 is 24.3 Å². The Bertz CT molecular complexity index is 256. The number of rotatable bonds is 5. The summed E-state index contributed by atoms with van der Waals surface area (Å²) in [7, 11) is -2.87. The molecule has 0 aliphatic rings. The number of carbonyl (C=O) groups is 1. The molecule has 0 amide bonds. The predicted octanol–water partition coefficient (Wildman–Crippen LogP) is -1.43. The highest BCUT2D eigenvalue weighted by Gasteiger charge is 2.09. The fourth-order valence-corrected chi connectivity index (χ4v) is 0.643. The topological polar surface area (TPSA) is 290 Å². The van der Waals surface area contributed by atoms with Crippen molar-refractivity contribution in [3.8, 4) is 0 Å². The van der Waals surface area contributed by atoms with Crippen LogP contribution in [0.3, 0.4) is 0 Å². The molecule has 0 aromatic heterocycles. The van der Waals surface area contributed by atoms with Crippen molar-refractivity contribution in [1.82, 2.24) is 18.5 Å². The van der Waals surface area contributed by atoms with E-state index in [9.17, 15) is 4.79 Å². The second kappa shape index (κ2) is 19.0. The molecule has 18 N–H and O–H groups in total. The summed E-state index contributed by atoms with van der Waals surface area (Å²) in [6.45, 7) is 0.420. The van der Waals surface area contributed by atoms with Crippen LogP contribution in [0.1, 0.15) is 12.8 Å². The normalized spacial score (nSPS) is 9.00. The molecule has 0 aliphatic heterocycles. The highest BCUT2D eigenvalue weighted by atomic mass is 31.1. The zero-order chi connectivity index (χ0) is 13.1. The zero-order valence-electron chi connectivity index (χ0n) is 10.6. The molecule has 0 aromatic carbocycles. The minimum Gasteiger partial charge on any atom is -0.480 e. The number of carboxylic acids is 1. The fourth-order valence-electron chi connectivity index (χ4n) is 0.643. The summed E-state index contributed by atoms with van der Waals surface area (Å²) in [4.78, 5) is 28.1. The molecular formula is C6H25N7O5P+. The van der Waals surface area contributed by atoms with Crippen LogP contribution in [0.2, 0.25) is 0 Å². The van der Waals surface area contributed by atoms with E-state index in [1.165, 1.54) is 0 Å². The van der Waals surface area contributed by atoms with Gasteiger partial charge in [-0.1, -0.05) is 0 Å².